The van der Waals surface area contributed by atoms with E-state index in [2.05, 4.69) is 5.92 Å². The standard InChI is InChI=1S/C24H21NO2/c1-2-21(22-14-8-4-9-15-22)18-25(23-16-10-5-11-17-23)24(26)27-19-20-12-6-3-7-13-20/h1,3-17,21H,18-19H2/t21-/m1/s1. The van der Waals surface area contributed by atoms with Gasteiger partial charge in [-0.25, -0.2) is 4.79 Å². The molecule has 0 aliphatic rings. The van der Waals surface area contributed by atoms with Crippen molar-refractivity contribution >= 4 is 11.8 Å². The fraction of sp³-hybridized carbons (Fsp3) is 0.125. The first kappa shape index (κ1) is 18.3. The Morgan fingerprint density at radius 3 is 2.04 bits per heavy atom. The second kappa shape index (κ2) is 9.26. The molecular weight excluding hydrogens is 334 g/mol. The zero-order valence-corrected chi connectivity index (χ0v) is 15.0. The van der Waals surface area contributed by atoms with Gasteiger partial charge in [-0.1, -0.05) is 84.8 Å². The van der Waals surface area contributed by atoms with Crippen LogP contribution in [0.4, 0.5) is 10.5 Å². The minimum atomic E-state index is -0.416. The summed E-state index contributed by atoms with van der Waals surface area (Å²) in [5.41, 5.74) is 2.69. The summed E-state index contributed by atoms with van der Waals surface area (Å²) in [6.45, 7) is 0.563. The van der Waals surface area contributed by atoms with Crippen LogP contribution in [-0.4, -0.2) is 12.6 Å². The maximum Gasteiger partial charge on any atom is 0.414 e. The zero-order chi connectivity index (χ0) is 18.9. The Morgan fingerprint density at radius 2 is 1.44 bits per heavy atom. The highest BCUT2D eigenvalue weighted by Crippen LogP contribution is 2.22. The molecule has 0 unspecified atom stereocenters. The highest BCUT2D eigenvalue weighted by Gasteiger charge is 2.22. The van der Waals surface area contributed by atoms with Gasteiger partial charge in [0.25, 0.3) is 0 Å². The smallest absolute Gasteiger partial charge is 0.414 e. The van der Waals surface area contributed by atoms with Gasteiger partial charge in [0.2, 0.25) is 0 Å². The van der Waals surface area contributed by atoms with Crippen molar-refractivity contribution in [3.63, 3.8) is 0 Å². The van der Waals surface area contributed by atoms with E-state index in [0.717, 1.165) is 16.8 Å². The van der Waals surface area contributed by atoms with Crippen LogP contribution in [0.1, 0.15) is 17.0 Å². The minimum absolute atomic E-state index is 0.217. The summed E-state index contributed by atoms with van der Waals surface area (Å²) in [5, 5.41) is 0. The molecule has 3 nitrogen and oxygen atoms in total. The number of anilines is 1. The van der Waals surface area contributed by atoms with Crippen LogP contribution in [0.5, 0.6) is 0 Å². The Morgan fingerprint density at radius 1 is 0.889 bits per heavy atom. The third kappa shape index (κ3) is 4.99. The molecule has 3 heteroatoms. The number of carbonyl (C=O) groups is 1. The normalized spacial score (nSPS) is 11.2. The summed E-state index contributed by atoms with van der Waals surface area (Å²) < 4.78 is 5.54. The molecule has 0 heterocycles. The van der Waals surface area contributed by atoms with Gasteiger partial charge in [-0.2, -0.15) is 0 Å². The van der Waals surface area contributed by atoms with Crippen LogP contribution in [0.3, 0.4) is 0 Å². The Bertz CT molecular complexity index is 886. The molecule has 0 saturated carbocycles. The monoisotopic (exact) mass is 355 g/mol. The fourth-order valence-electron chi connectivity index (χ4n) is 2.81. The van der Waals surface area contributed by atoms with Crippen molar-refractivity contribution in [1.29, 1.82) is 0 Å². The second-order valence-electron chi connectivity index (χ2n) is 6.12. The van der Waals surface area contributed by atoms with Crippen molar-refractivity contribution in [2.75, 3.05) is 11.4 Å². The number of terminal acetylenes is 1. The van der Waals surface area contributed by atoms with E-state index in [4.69, 9.17) is 11.2 Å². The molecule has 0 N–H and O–H groups in total. The van der Waals surface area contributed by atoms with E-state index >= 15 is 0 Å². The molecule has 134 valence electrons. The predicted molar refractivity (Wildman–Crippen MR) is 108 cm³/mol. The molecule has 3 aromatic carbocycles. The number of rotatable bonds is 6. The molecule has 0 fully saturated rings. The van der Waals surface area contributed by atoms with Crippen LogP contribution in [0, 0.1) is 12.3 Å². The van der Waals surface area contributed by atoms with Gasteiger partial charge in [-0.05, 0) is 23.3 Å². The number of para-hydroxylation sites is 1. The van der Waals surface area contributed by atoms with E-state index in [1.54, 1.807) is 4.90 Å². The maximum absolute atomic E-state index is 12.8. The number of hydrogen-bond donors (Lipinski definition) is 0. The van der Waals surface area contributed by atoms with Crippen LogP contribution in [0.2, 0.25) is 0 Å². The number of benzene rings is 3. The average Bonchev–Trinajstić information content (AvgIpc) is 2.75. The number of carbonyl (C=O) groups excluding carboxylic acids is 1. The molecule has 0 aliphatic heterocycles. The van der Waals surface area contributed by atoms with Crippen molar-refractivity contribution in [3.8, 4) is 12.3 Å². The van der Waals surface area contributed by atoms with E-state index in [-0.39, 0.29) is 12.5 Å². The Hall–Kier alpha value is -3.51. The average molecular weight is 355 g/mol. The molecule has 3 rings (SSSR count). The molecular formula is C24H21NO2. The predicted octanol–water partition coefficient (Wildman–Crippen LogP) is 5.25. The maximum atomic E-state index is 12.8. The molecule has 1 amide bonds. The number of nitrogens with zero attached hydrogens (tertiary/aromatic N) is 1. The second-order valence-corrected chi connectivity index (χ2v) is 6.12. The first-order chi connectivity index (χ1) is 13.3. The highest BCUT2D eigenvalue weighted by molar-refractivity contribution is 5.87. The third-order valence-electron chi connectivity index (χ3n) is 4.26. The molecule has 0 aliphatic carbocycles. The van der Waals surface area contributed by atoms with Gasteiger partial charge in [0, 0.05) is 12.2 Å². The van der Waals surface area contributed by atoms with E-state index < -0.39 is 6.09 Å². The lowest BCUT2D eigenvalue weighted by Crippen LogP contribution is -2.35. The summed E-state index contributed by atoms with van der Waals surface area (Å²) in [4.78, 5) is 14.4. The molecule has 0 aromatic heterocycles. The van der Waals surface area contributed by atoms with Crippen LogP contribution < -0.4 is 4.90 Å². The van der Waals surface area contributed by atoms with E-state index in [1.165, 1.54) is 0 Å². The molecule has 27 heavy (non-hydrogen) atoms. The third-order valence-corrected chi connectivity index (χ3v) is 4.26. The van der Waals surface area contributed by atoms with Crippen LogP contribution in [0.15, 0.2) is 91.0 Å². The largest absolute Gasteiger partial charge is 0.444 e. The number of hydrogen-bond acceptors (Lipinski definition) is 2. The Labute approximate surface area is 160 Å². The van der Waals surface area contributed by atoms with Gasteiger partial charge in [0.05, 0.1) is 5.92 Å². The van der Waals surface area contributed by atoms with Crippen LogP contribution in [-0.2, 0) is 11.3 Å². The van der Waals surface area contributed by atoms with E-state index in [1.807, 2.05) is 91.0 Å². The summed E-state index contributed by atoms with van der Waals surface area (Å²) in [6, 6.07) is 28.8. The van der Waals surface area contributed by atoms with Gasteiger partial charge in [0.15, 0.2) is 0 Å². The van der Waals surface area contributed by atoms with Gasteiger partial charge in [0.1, 0.15) is 6.61 Å². The molecule has 0 bridgehead atoms. The summed E-state index contributed by atoms with van der Waals surface area (Å²) in [7, 11) is 0. The molecule has 0 spiro atoms. The lowest BCUT2D eigenvalue weighted by Gasteiger charge is -2.25. The van der Waals surface area contributed by atoms with E-state index in [0.29, 0.717) is 6.54 Å². The first-order valence-electron chi connectivity index (χ1n) is 8.82. The van der Waals surface area contributed by atoms with Gasteiger partial charge < -0.3 is 4.74 Å². The summed E-state index contributed by atoms with van der Waals surface area (Å²) in [6.07, 6.45) is 5.35. The van der Waals surface area contributed by atoms with Crippen molar-refractivity contribution in [3.05, 3.63) is 102 Å². The van der Waals surface area contributed by atoms with Crippen molar-refractivity contribution < 1.29 is 9.53 Å². The van der Waals surface area contributed by atoms with Crippen molar-refractivity contribution in [1.82, 2.24) is 0 Å². The minimum Gasteiger partial charge on any atom is -0.444 e. The Balaban J connectivity index is 1.78. The van der Waals surface area contributed by atoms with Gasteiger partial charge in [-0.15, -0.1) is 6.42 Å². The van der Waals surface area contributed by atoms with Gasteiger partial charge in [-0.3, -0.25) is 4.90 Å². The lowest BCUT2D eigenvalue weighted by atomic mass is 9.99. The molecule has 3 aromatic rings. The number of amides is 1. The van der Waals surface area contributed by atoms with Crippen LogP contribution >= 0.6 is 0 Å². The number of ether oxygens (including phenoxy) is 1. The van der Waals surface area contributed by atoms with Crippen molar-refractivity contribution in [2.24, 2.45) is 0 Å². The quantitative estimate of drug-likeness (QED) is 0.566. The van der Waals surface area contributed by atoms with Crippen LogP contribution in [0.25, 0.3) is 0 Å². The SMILES string of the molecule is C#C[C@H](CN(C(=O)OCc1ccccc1)c1ccccc1)c1ccccc1. The Kier molecular flexibility index (Phi) is 6.27. The summed E-state index contributed by atoms with van der Waals surface area (Å²) >= 11 is 0. The molecule has 1 atom stereocenters. The molecule has 0 radical (unpaired) electrons. The lowest BCUT2D eigenvalue weighted by molar-refractivity contribution is 0.147. The highest BCUT2D eigenvalue weighted by atomic mass is 16.6. The fourth-order valence-corrected chi connectivity index (χ4v) is 2.81. The van der Waals surface area contributed by atoms with E-state index in [9.17, 15) is 4.79 Å². The topological polar surface area (TPSA) is 29.5 Å². The first-order valence-corrected chi connectivity index (χ1v) is 8.82. The van der Waals surface area contributed by atoms with Crippen molar-refractivity contribution in [2.45, 2.75) is 12.5 Å². The zero-order valence-electron chi connectivity index (χ0n) is 15.0. The summed E-state index contributed by atoms with van der Waals surface area (Å²) in [5.74, 6) is 2.57. The van der Waals surface area contributed by atoms with Gasteiger partial charge >= 0.3 is 6.09 Å². The molecule has 0 saturated heterocycles.